The van der Waals surface area contributed by atoms with E-state index in [1.165, 1.54) is 0 Å². The van der Waals surface area contributed by atoms with Crippen LogP contribution in [0.1, 0.15) is 10.4 Å². The van der Waals surface area contributed by atoms with Gasteiger partial charge in [-0.15, -0.1) is 0 Å². The molecule has 0 aliphatic carbocycles. The van der Waals surface area contributed by atoms with Crippen LogP contribution in [-0.4, -0.2) is 81.6 Å². The summed E-state index contributed by atoms with van der Waals surface area (Å²) >= 11 is 0. The number of amides is 1. The fraction of sp³-hybridized carbons (Fsp3) is 0.226. The van der Waals surface area contributed by atoms with Crippen molar-refractivity contribution in [1.82, 2.24) is 29.3 Å². The van der Waals surface area contributed by atoms with Gasteiger partial charge in [-0.1, -0.05) is 48.5 Å². The standard InChI is InChI=1S/C31H31N7O2/c1-36-17-19-37(20-18-36)31(39)24-14-12-23(13-15-24)28-34-29(32-16-21-40-26-10-6-3-7-11-26)27-30(35-28)38(22-33-27)25-8-4-2-5-9-25/h2-15,22H,16-21H2,1H3,(H,32,34,35). The minimum Gasteiger partial charge on any atom is -0.492 e. The van der Waals surface area contributed by atoms with Gasteiger partial charge in [-0.05, 0) is 43.4 Å². The average Bonchev–Trinajstić information content (AvgIpc) is 3.45. The van der Waals surface area contributed by atoms with Gasteiger partial charge in [0.1, 0.15) is 18.7 Å². The number of anilines is 1. The highest BCUT2D eigenvalue weighted by molar-refractivity contribution is 5.95. The second-order valence-electron chi connectivity index (χ2n) is 9.78. The Morgan fingerprint density at radius 3 is 2.30 bits per heavy atom. The van der Waals surface area contributed by atoms with Crippen molar-refractivity contribution in [2.45, 2.75) is 0 Å². The molecule has 1 amide bonds. The van der Waals surface area contributed by atoms with E-state index in [9.17, 15) is 4.79 Å². The number of nitrogens with one attached hydrogen (secondary N) is 1. The number of rotatable bonds is 8. The molecule has 0 spiro atoms. The SMILES string of the molecule is CN1CCN(C(=O)c2ccc(-c3nc(NCCOc4ccccc4)c4ncn(-c5ccccc5)c4n3)cc2)CC1. The summed E-state index contributed by atoms with van der Waals surface area (Å²) in [6.07, 6.45) is 1.77. The van der Waals surface area contributed by atoms with Crippen LogP contribution in [0.4, 0.5) is 5.82 Å². The molecule has 1 N–H and O–H groups in total. The lowest BCUT2D eigenvalue weighted by Gasteiger charge is -2.32. The lowest BCUT2D eigenvalue weighted by atomic mass is 10.1. The summed E-state index contributed by atoms with van der Waals surface area (Å²) in [6, 6.07) is 27.2. The second-order valence-corrected chi connectivity index (χ2v) is 9.78. The normalized spacial score (nSPS) is 13.9. The predicted molar refractivity (Wildman–Crippen MR) is 156 cm³/mol. The summed E-state index contributed by atoms with van der Waals surface area (Å²) < 4.78 is 7.81. The summed E-state index contributed by atoms with van der Waals surface area (Å²) in [6.45, 7) is 4.26. The van der Waals surface area contributed by atoms with Crippen LogP contribution in [0.2, 0.25) is 0 Å². The van der Waals surface area contributed by atoms with E-state index in [2.05, 4.69) is 22.2 Å². The maximum absolute atomic E-state index is 13.0. The highest BCUT2D eigenvalue weighted by Gasteiger charge is 2.21. The summed E-state index contributed by atoms with van der Waals surface area (Å²) in [5.41, 5.74) is 3.82. The molecular weight excluding hydrogens is 502 g/mol. The number of carbonyl (C=O) groups is 1. The monoisotopic (exact) mass is 533 g/mol. The minimum absolute atomic E-state index is 0.0546. The summed E-state index contributed by atoms with van der Waals surface area (Å²) in [5, 5.41) is 3.39. The molecule has 5 aromatic rings. The van der Waals surface area contributed by atoms with Crippen LogP contribution in [-0.2, 0) is 0 Å². The molecule has 6 rings (SSSR count). The van der Waals surface area contributed by atoms with E-state index >= 15 is 0 Å². The zero-order valence-corrected chi connectivity index (χ0v) is 22.4. The van der Waals surface area contributed by atoms with Crippen molar-refractivity contribution >= 4 is 22.9 Å². The van der Waals surface area contributed by atoms with Gasteiger partial charge in [-0.2, -0.15) is 0 Å². The van der Waals surface area contributed by atoms with Crippen molar-refractivity contribution in [3.05, 3.63) is 96.8 Å². The van der Waals surface area contributed by atoms with Crippen molar-refractivity contribution < 1.29 is 9.53 Å². The van der Waals surface area contributed by atoms with Gasteiger partial charge in [0.05, 0.1) is 6.54 Å². The van der Waals surface area contributed by atoms with Crippen molar-refractivity contribution in [1.29, 1.82) is 0 Å². The number of piperazine rings is 1. The Morgan fingerprint density at radius 1 is 0.875 bits per heavy atom. The van der Waals surface area contributed by atoms with Gasteiger partial charge in [0.2, 0.25) is 0 Å². The molecule has 2 aromatic heterocycles. The van der Waals surface area contributed by atoms with Crippen molar-refractivity contribution in [2.24, 2.45) is 0 Å². The van der Waals surface area contributed by atoms with Crippen LogP contribution < -0.4 is 10.1 Å². The third-order valence-corrected chi connectivity index (χ3v) is 7.02. The number of ether oxygens (including phenoxy) is 1. The van der Waals surface area contributed by atoms with E-state index in [4.69, 9.17) is 14.7 Å². The molecule has 0 bridgehead atoms. The highest BCUT2D eigenvalue weighted by Crippen LogP contribution is 2.26. The van der Waals surface area contributed by atoms with Crippen molar-refractivity contribution in [3.63, 3.8) is 0 Å². The molecular formula is C31H31N7O2. The molecule has 9 heteroatoms. The van der Waals surface area contributed by atoms with Crippen LogP contribution in [0, 0.1) is 0 Å². The van der Waals surface area contributed by atoms with Crippen LogP contribution >= 0.6 is 0 Å². The van der Waals surface area contributed by atoms with E-state index in [0.29, 0.717) is 41.5 Å². The lowest BCUT2D eigenvalue weighted by Crippen LogP contribution is -2.47. The number of carbonyl (C=O) groups excluding carboxylic acids is 1. The van der Waals surface area contributed by atoms with E-state index < -0.39 is 0 Å². The van der Waals surface area contributed by atoms with E-state index in [0.717, 1.165) is 43.2 Å². The maximum Gasteiger partial charge on any atom is 0.253 e. The van der Waals surface area contributed by atoms with Gasteiger partial charge in [-0.25, -0.2) is 15.0 Å². The van der Waals surface area contributed by atoms with Gasteiger partial charge >= 0.3 is 0 Å². The number of imidazole rings is 1. The highest BCUT2D eigenvalue weighted by atomic mass is 16.5. The van der Waals surface area contributed by atoms with E-state index in [-0.39, 0.29) is 5.91 Å². The largest absolute Gasteiger partial charge is 0.492 e. The quantitative estimate of drug-likeness (QED) is 0.297. The smallest absolute Gasteiger partial charge is 0.253 e. The van der Waals surface area contributed by atoms with Crippen molar-refractivity contribution in [3.8, 4) is 22.8 Å². The lowest BCUT2D eigenvalue weighted by molar-refractivity contribution is 0.0664. The predicted octanol–water partition coefficient (Wildman–Crippen LogP) is 4.36. The molecule has 9 nitrogen and oxygen atoms in total. The van der Waals surface area contributed by atoms with Crippen LogP contribution in [0.5, 0.6) is 5.75 Å². The van der Waals surface area contributed by atoms with Crippen LogP contribution in [0.15, 0.2) is 91.3 Å². The Bertz CT molecular complexity index is 1580. The topological polar surface area (TPSA) is 88.4 Å². The summed E-state index contributed by atoms with van der Waals surface area (Å²) in [5.74, 6) is 2.05. The molecule has 0 radical (unpaired) electrons. The van der Waals surface area contributed by atoms with Crippen LogP contribution in [0.3, 0.4) is 0 Å². The molecule has 1 fully saturated rings. The molecule has 0 saturated carbocycles. The fourth-order valence-electron chi connectivity index (χ4n) is 4.74. The molecule has 1 aliphatic rings. The minimum atomic E-state index is 0.0546. The molecule has 3 heterocycles. The molecule has 1 saturated heterocycles. The Balaban J connectivity index is 1.28. The average molecular weight is 534 g/mol. The van der Waals surface area contributed by atoms with Gasteiger partial charge < -0.3 is 19.9 Å². The fourth-order valence-corrected chi connectivity index (χ4v) is 4.74. The van der Waals surface area contributed by atoms with Crippen LogP contribution in [0.25, 0.3) is 28.2 Å². The van der Waals surface area contributed by atoms with E-state index in [1.807, 2.05) is 94.4 Å². The Kier molecular flexibility index (Phi) is 7.37. The van der Waals surface area contributed by atoms with Gasteiger partial charge in [0.25, 0.3) is 5.91 Å². The molecule has 40 heavy (non-hydrogen) atoms. The number of fused-ring (bicyclic) bond motifs is 1. The number of para-hydroxylation sites is 2. The number of hydrogen-bond donors (Lipinski definition) is 1. The third-order valence-electron chi connectivity index (χ3n) is 7.02. The summed E-state index contributed by atoms with van der Waals surface area (Å²) in [4.78, 5) is 31.6. The van der Waals surface area contributed by atoms with Gasteiger partial charge in [0, 0.05) is 43.0 Å². The zero-order chi connectivity index (χ0) is 27.3. The molecule has 0 atom stereocenters. The second kappa shape index (κ2) is 11.5. The number of nitrogens with zero attached hydrogens (tertiary/aromatic N) is 6. The molecule has 1 aliphatic heterocycles. The van der Waals surface area contributed by atoms with Crippen molar-refractivity contribution in [2.75, 3.05) is 51.7 Å². The maximum atomic E-state index is 13.0. The molecule has 202 valence electrons. The van der Waals surface area contributed by atoms with Gasteiger partial charge in [-0.3, -0.25) is 9.36 Å². The Labute approximate surface area is 233 Å². The zero-order valence-electron chi connectivity index (χ0n) is 22.4. The number of benzene rings is 3. The first-order valence-electron chi connectivity index (χ1n) is 13.5. The summed E-state index contributed by atoms with van der Waals surface area (Å²) in [7, 11) is 2.08. The number of likely N-dealkylation sites (N-methyl/N-ethyl adjacent to an activating group) is 1. The Morgan fingerprint density at radius 2 is 1.57 bits per heavy atom. The van der Waals surface area contributed by atoms with E-state index in [1.54, 1.807) is 6.33 Å². The number of hydrogen-bond acceptors (Lipinski definition) is 7. The third kappa shape index (κ3) is 5.50. The molecule has 0 unspecified atom stereocenters. The Hall–Kier alpha value is -4.76. The van der Waals surface area contributed by atoms with Gasteiger partial charge in [0.15, 0.2) is 22.8 Å². The molecule has 3 aromatic carbocycles. The number of aromatic nitrogens is 4. The first-order chi connectivity index (χ1) is 19.7. The first-order valence-corrected chi connectivity index (χ1v) is 13.5. The first kappa shape index (κ1) is 25.5.